The van der Waals surface area contributed by atoms with Gasteiger partial charge in [-0.2, -0.15) is 5.10 Å². The van der Waals surface area contributed by atoms with Crippen LogP contribution in [0.4, 0.5) is 0 Å². The van der Waals surface area contributed by atoms with E-state index in [1.165, 1.54) is 0 Å². The lowest BCUT2D eigenvalue weighted by molar-refractivity contribution is 0.00578. The fourth-order valence-electron chi connectivity index (χ4n) is 2.87. The Morgan fingerprint density at radius 3 is 2.56 bits per heavy atom. The highest BCUT2D eigenvalue weighted by Crippen LogP contribution is 2.38. The standard InChI is InChI=1S/C16H18BIN3O2PS/c1-15(2)16(3,4)23-17(22-15)12-6-5-11(13-14(12)25-9-19-13)10-7-20-21(8-10)24-18/h5-9,24H,1-4H3. The highest BCUT2D eigenvalue weighted by Gasteiger charge is 2.52. The van der Waals surface area contributed by atoms with Crippen molar-refractivity contribution in [1.29, 1.82) is 0 Å². The summed E-state index contributed by atoms with van der Waals surface area (Å²) >= 11 is 3.95. The normalized spacial score (nSPS) is 19.5. The number of thiazole rings is 1. The number of nitrogens with zero attached hydrogens (tertiary/aromatic N) is 3. The van der Waals surface area contributed by atoms with Gasteiger partial charge in [-0.3, -0.25) is 0 Å². The van der Waals surface area contributed by atoms with E-state index < -0.39 is 0 Å². The summed E-state index contributed by atoms with van der Waals surface area (Å²) in [4.78, 5) is 4.61. The molecule has 4 rings (SSSR count). The van der Waals surface area contributed by atoms with Crippen LogP contribution in [-0.4, -0.2) is 32.9 Å². The lowest BCUT2D eigenvalue weighted by Crippen LogP contribution is -2.41. The van der Waals surface area contributed by atoms with Crippen molar-refractivity contribution in [2.45, 2.75) is 38.9 Å². The molecule has 3 aromatic rings. The van der Waals surface area contributed by atoms with E-state index in [-0.39, 0.29) is 18.3 Å². The fourth-order valence-corrected chi connectivity index (χ4v) is 4.79. The summed E-state index contributed by atoms with van der Waals surface area (Å²) in [6.07, 6.45) is 4.55. The van der Waals surface area contributed by atoms with Crippen LogP contribution in [-0.2, 0) is 9.31 Å². The van der Waals surface area contributed by atoms with Crippen LogP contribution < -0.4 is 5.46 Å². The maximum atomic E-state index is 6.24. The summed E-state index contributed by atoms with van der Waals surface area (Å²) in [6.45, 7) is 8.30. The van der Waals surface area contributed by atoms with Crippen LogP contribution in [0.1, 0.15) is 27.7 Å². The van der Waals surface area contributed by atoms with Gasteiger partial charge in [0.1, 0.15) is 0 Å². The predicted molar refractivity (Wildman–Crippen MR) is 114 cm³/mol. The van der Waals surface area contributed by atoms with Crippen molar-refractivity contribution in [3.63, 3.8) is 0 Å². The minimum atomic E-state index is -0.374. The van der Waals surface area contributed by atoms with E-state index >= 15 is 0 Å². The molecule has 25 heavy (non-hydrogen) atoms. The summed E-state index contributed by atoms with van der Waals surface area (Å²) < 4.78 is 15.5. The molecule has 3 heterocycles. The maximum Gasteiger partial charge on any atom is 0.496 e. The van der Waals surface area contributed by atoms with Gasteiger partial charge in [0.25, 0.3) is 0 Å². The minimum absolute atomic E-state index is 0.351. The molecular weight excluding hydrogens is 467 g/mol. The third-order valence-corrected chi connectivity index (χ3v) is 7.78. The number of hydrogen-bond acceptors (Lipinski definition) is 5. The number of benzene rings is 1. The SMILES string of the molecule is CC1(C)OB(c2ccc(-c3cnn(PI)c3)c3ncsc23)OC1(C)C. The van der Waals surface area contributed by atoms with E-state index in [2.05, 4.69) is 78.1 Å². The van der Waals surface area contributed by atoms with Gasteiger partial charge in [0, 0.05) is 22.8 Å². The average Bonchev–Trinajstić information content (AvgIpc) is 3.25. The molecule has 1 unspecified atom stereocenters. The molecule has 9 heteroatoms. The topological polar surface area (TPSA) is 49.2 Å². The lowest BCUT2D eigenvalue weighted by Gasteiger charge is -2.32. The van der Waals surface area contributed by atoms with Gasteiger partial charge in [-0.1, -0.05) is 12.1 Å². The van der Waals surface area contributed by atoms with E-state index in [0.717, 1.165) is 26.8 Å². The predicted octanol–water partition coefficient (Wildman–Crippen LogP) is 4.25. The van der Waals surface area contributed by atoms with Crippen molar-refractivity contribution in [2.24, 2.45) is 0 Å². The Bertz CT molecular complexity index is 927. The second kappa shape index (κ2) is 6.27. The highest BCUT2D eigenvalue weighted by atomic mass is 127. The van der Waals surface area contributed by atoms with Gasteiger partial charge in [0.2, 0.25) is 0 Å². The summed E-state index contributed by atoms with van der Waals surface area (Å²) in [7, 11) is -0.374. The molecule has 130 valence electrons. The lowest BCUT2D eigenvalue weighted by atomic mass is 9.78. The first-order valence-electron chi connectivity index (χ1n) is 7.96. The van der Waals surface area contributed by atoms with Crippen molar-refractivity contribution < 1.29 is 9.31 Å². The molecule has 1 fully saturated rings. The van der Waals surface area contributed by atoms with Gasteiger partial charge in [-0.25, -0.2) is 9.44 Å². The van der Waals surface area contributed by atoms with E-state index in [1.807, 2.05) is 16.2 Å². The molecule has 1 aromatic carbocycles. The van der Waals surface area contributed by atoms with Crippen molar-refractivity contribution in [2.75, 3.05) is 0 Å². The Morgan fingerprint density at radius 2 is 1.92 bits per heavy atom. The third kappa shape index (κ3) is 2.96. The zero-order valence-electron chi connectivity index (χ0n) is 14.4. The molecule has 0 spiro atoms. The van der Waals surface area contributed by atoms with Gasteiger partial charge in [-0.05, 0) is 49.7 Å². The average molecular weight is 485 g/mol. The van der Waals surface area contributed by atoms with E-state index in [1.54, 1.807) is 11.3 Å². The number of aromatic nitrogens is 3. The Labute approximate surface area is 166 Å². The van der Waals surface area contributed by atoms with Crippen LogP contribution in [0.2, 0.25) is 0 Å². The largest absolute Gasteiger partial charge is 0.496 e. The van der Waals surface area contributed by atoms with E-state index in [0.29, 0.717) is 6.37 Å². The van der Waals surface area contributed by atoms with Crippen LogP contribution in [0.3, 0.4) is 0 Å². The molecule has 0 saturated carbocycles. The van der Waals surface area contributed by atoms with Crippen molar-refractivity contribution in [1.82, 2.24) is 14.5 Å². The smallest absolute Gasteiger partial charge is 0.399 e. The monoisotopic (exact) mass is 485 g/mol. The van der Waals surface area contributed by atoms with E-state index in [4.69, 9.17) is 9.31 Å². The number of fused-ring (bicyclic) bond motifs is 1. The Morgan fingerprint density at radius 1 is 1.20 bits per heavy atom. The molecule has 1 aliphatic heterocycles. The molecule has 1 saturated heterocycles. The second-order valence-electron chi connectivity index (χ2n) is 7.08. The number of rotatable bonds is 3. The van der Waals surface area contributed by atoms with E-state index in [9.17, 15) is 0 Å². The van der Waals surface area contributed by atoms with Crippen molar-refractivity contribution >= 4 is 62.5 Å². The molecular formula is C16H18BIN3O2PS. The molecule has 1 atom stereocenters. The van der Waals surface area contributed by atoms with Crippen LogP contribution in [0.15, 0.2) is 30.0 Å². The van der Waals surface area contributed by atoms with Crippen LogP contribution >= 0.6 is 39.8 Å². The molecule has 0 radical (unpaired) electrons. The van der Waals surface area contributed by atoms with Crippen molar-refractivity contribution in [3.8, 4) is 11.1 Å². The van der Waals surface area contributed by atoms with Crippen molar-refractivity contribution in [3.05, 3.63) is 30.0 Å². The van der Waals surface area contributed by atoms with Gasteiger partial charge in [0.05, 0.1) is 39.5 Å². The first-order valence-corrected chi connectivity index (χ1v) is 12.9. The maximum absolute atomic E-state index is 6.24. The quantitative estimate of drug-likeness (QED) is 0.317. The summed E-state index contributed by atoms with van der Waals surface area (Å²) in [5.74, 6) is 0. The van der Waals surface area contributed by atoms with Crippen LogP contribution in [0.5, 0.6) is 0 Å². The first kappa shape index (κ1) is 17.9. The molecule has 5 nitrogen and oxygen atoms in total. The third-order valence-electron chi connectivity index (χ3n) is 5.00. The van der Waals surface area contributed by atoms with Gasteiger partial charge < -0.3 is 9.31 Å². The molecule has 0 N–H and O–H groups in total. The molecule has 1 aliphatic rings. The summed E-state index contributed by atoms with van der Waals surface area (Å²) in [5, 5.41) is 4.39. The van der Waals surface area contributed by atoms with Gasteiger partial charge >= 0.3 is 7.12 Å². The molecule has 0 bridgehead atoms. The zero-order valence-corrected chi connectivity index (χ0v) is 18.4. The Hall–Kier alpha value is -0.535. The van der Waals surface area contributed by atoms with Crippen LogP contribution in [0.25, 0.3) is 21.3 Å². The van der Waals surface area contributed by atoms with Crippen LogP contribution in [0, 0.1) is 0 Å². The number of halogens is 1. The summed E-state index contributed by atoms with van der Waals surface area (Å²) in [6, 6.07) is 4.20. The summed E-state index contributed by atoms with van der Waals surface area (Å²) in [5.41, 5.74) is 5.38. The Balaban J connectivity index is 1.79. The second-order valence-corrected chi connectivity index (χ2v) is 10.0. The molecule has 0 amide bonds. The highest BCUT2D eigenvalue weighted by molar-refractivity contribution is 14.2. The molecule has 0 aliphatic carbocycles. The molecule has 2 aromatic heterocycles. The zero-order chi connectivity index (χ0) is 17.8. The fraction of sp³-hybridized carbons (Fsp3) is 0.375. The Kier molecular flexibility index (Phi) is 4.48. The first-order chi connectivity index (χ1) is 11.8. The minimum Gasteiger partial charge on any atom is -0.399 e. The van der Waals surface area contributed by atoms with Gasteiger partial charge in [-0.15, -0.1) is 11.3 Å². The number of hydrogen-bond donors (Lipinski definition) is 0. The van der Waals surface area contributed by atoms with Gasteiger partial charge in [0.15, 0.2) is 0 Å².